The molecule has 0 aromatic heterocycles. The van der Waals surface area contributed by atoms with Crippen LogP contribution in [0.4, 0.5) is 5.69 Å². The molecule has 0 saturated carbocycles. The standard InChI is InChI=1S/C21H29N3O2S/c1-3-17-9-6-7-13-23(17)14-8-12-22-20(25)15-24-18-10-4-5-11-19(18)27-16(2)21(24)26/h4-5,10-11,17H,2-3,6-9,12-15H2,1H3,(H,22,25). The summed E-state index contributed by atoms with van der Waals surface area (Å²) in [6.07, 6.45) is 6.04. The molecule has 0 aliphatic carbocycles. The van der Waals surface area contributed by atoms with Gasteiger partial charge in [0.1, 0.15) is 6.54 Å². The molecule has 2 aliphatic heterocycles. The first kappa shape index (κ1) is 20.0. The first-order chi connectivity index (χ1) is 13.1. The van der Waals surface area contributed by atoms with Crippen LogP contribution in [0.1, 0.15) is 39.0 Å². The van der Waals surface area contributed by atoms with E-state index >= 15 is 0 Å². The van der Waals surface area contributed by atoms with Gasteiger partial charge in [-0.3, -0.25) is 14.5 Å². The number of thioether (sulfide) groups is 1. The number of carbonyl (C=O) groups excluding carboxylic acids is 2. The number of hydrogen-bond acceptors (Lipinski definition) is 4. The van der Waals surface area contributed by atoms with Crippen molar-refractivity contribution in [2.45, 2.75) is 50.0 Å². The SMILES string of the molecule is C=C1Sc2ccccc2N(CC(=O)NCCCN2CCCCC2CC)C1=O. The van der Waals surface area contributed by atoms with Crippen LogP contribution in [0, 0.1) is 0 Å². The summed E-state index contributed by atoms with van der Waals surface area (Å²) >= 11 is 1.37. The van der Waals surface area contributed by atoms with E-state index in [1.54, 1.807) is 0 Å². The Bertz CT molecular complexity index is 706. The molecule has 1 saturated heterocycles. The van der Waals surface area contributed by atoms with Crippen molar-refractivity contribution >= 4 is 29.3 Å². The van der Waals surface area contributed by atoms with E-state index in [0.29, 0.717) is 17.5 Å². The highest BCUT2D eigenvalue weighted by atomic mass is 32.2. The van der Waals surface area contributed by atoms with Gasteiger partial charge in [-0.25, -0.2) is 0 Å². The second-order valence-electron chi connectivity index (χ2n) is 7.18. The smallest absolute Gasteiger partial charge is 0.264 e. The molecule has 27 heavy (non-hydrogen) atoms. The molecule has 2 amide bonds. The molecule has 1 aromatic carbocycles. The van der Waals surface area contributed by atoms with Crippen LogP contribution in [0.15, 0.2) is 40.6 Å². The third kappa shape index (κ3) is 4.93. The molecule has 1 aromatic rings. The number of benzene rings is 1. The van der Waals surface area contributed by atoms with Crippen molar-refractivity contribution < 1.29 is 9.59 Å². The number of anilines is 1. The molecule has 5 nitrogen and oxygen atoms in total. The Balaban J connectivity index is 1.48. The second-order valence-corrected chi connectivity index (χ2v) is 8.32. The van der Waals surface area contributed by atoms with Crippen LogP contribution in [0.2, 0.25) is 0 Å². The number of hydrogen-bond donors (Lipinski definition) is 1. The van der Waals surface area contributed by atoms with E-state index < -0.39 is 0 Å². The van der Waals surface area contributed by atoms with Gasteiger partial charge in [-0.15, -0.1) is 0 Å². The van der Waals surface area contributed by atoms with E-state index in [4.69, 9.17) is 0 Å². The van der Waals surface area contributed by atoms with Gasteiger partial charge < -0.3 is 10.2 Å². The van der Waals surface area contributed by atoms with Crippen molar-refractivity contribution in [3.05, 3.63) is 35.7 Å². The number of rotatable bonds is 7. The Morgan fingerprint density at radius 1 is 1.33 bits per heavy atom. The molecule has 0 bridgehead atoms. The van der Waals surface area contributed by atoms with Gasteiger partial charge in [-0.2, -0.15) is 0 Å². The topological polar surface area (TPSA) is 52.7 Å². The van der Waals surface area contributed by atoms with Crippen molar-refractivity contribution in [3.63, 3.8) is 0 Å². The number of likely N-dealkylation sites (tertiary alicyclic amines) is 1. The van der Waals surface area contributed by atoms with Crippen molar-refractivity contribution in [2.24, 2.45) is 0 Å². The van der Waals surface area contributed by atoms with Gasteiger partial charge >= 0.3 is 0 Å². The summed E-state index contributed by atoms with van der Waals surface area (Å²) in [6, 6.07) is 8.33. The van der Waals surface area contributed by atoms with E-state index in [1.807, 2.05) is 24.3 Å². The van der Waals surface area contributed by atoms with Crippen LogP contribution >= 0.6 is 11.8 Å². The quantitative estimate of drug-likeness (QED) is 0.575. The Labute approximate surface area is 166 Å². The summed E-state index contributed by atoms with van der Waals surface area (Å²) < 4.78 is 0. The molecule has 1 fully saturated rings. The number of amides is 2. The molecule has 3 rings (SSSR count). The van der Waals surface area contributed by atoms with E-state index in [0.717, 1.165) is 23.5 Å². The molecule has 1 N–H and O–H groups in total. The molecule has 6 heteroatoms. The predicted molar refractivity (Wildman–Crippen MR) is 111 cm³/mol. The molecule has 146 valence electrons. The molecule has 0 spiro atoms. The lowest BCUT2D eigenvalue weighted by Crippen LogP contribution is -2.44. The largest absolute Gasteiger partial charge is 0.355 e. The van der Waals surface area contributed by atoms with Crippen LogP contribution in [-0.4, -0.2) is 48.9 Å². The number of piperidine rings is 1. The van der Waals surface area contributed by atoms with Gasteiger partial charge in [-0.05, 0) is 44.4 Å². The molecular weight excluding hydrogens is 358 g/mol. The normalized spacial score (nSPS) is 20.5. The highest BCUT2D eigenvalue weighted by molar-refractivity contribution is 8.04. The van der Waals surface area contributed by atoms with Crippen LogP contribution < -0.4 is 10.2 Å². The van der Waals surface area contributed by atoms with Gasteiger partial charge in [0.25, 0.3) is 5.91 Å². The summed E-state index contributed by atoms with van der Waals surface area (Å²) in [5.74, 6) is -0.309. The Morgan fingerprint density at radius 3 is 2.96 bits per heavy atom. The van der Waals surface area contributed by atoms with Crippen LogP contribution in [0.3, 0.4) is 0 Å². The maximum atomic E-state index is 12.4. The fourth-order valence-electron chi connectivity index (χ4n) is 3.89. The molecular formula is C21H29N3O2S. The first-order valence-corrected chi connectivity index (χ1v) is 10.7. The minimum atomic E-state index is -0.187. The summed E-state index contributed by atoms with van der Waals surface area (Å²) in [4.78, 5) is 30.3. The number of fused-ring (bicyclic) bond motifs is 1. The van der Waals surface area contributed by atoms with Crippen molar-refractivity contribution in [3.8, 4) is 0 Å². The lowest BCUT2D eigenvalue weighted by atomic mass is 10.00. The van der Waals surface area contributed by atoms with Gasteiger partial charge in [0, 0.05) is 24.0 Å². The zero-order chi connectivity index (χ0) is 19.2. The fraction of sp³-hybridized carbons (Fsp3) is 0.524. The van der Waals surface area contributed by atoms with Crippen molar-refractivity contribution in [1.82, 2.24) is 10.2 Å². The number of nitrogens with zero attached hydrogens (tertiary/aromatic N) is 2. The molecule has 1 unspecified atom stereocenters. The maximum absolute atomic E-state index is 12.4. The van der Waals surface area contributed by atoms with E-state index in [1.165, 1.54) is 48.9 Å². The Kier molecular flexibility index (Phi) is 6.96. The maximum Gasteiger partial charge on any atom is 0.264 e. The number of para-hydroxylation sites is 1. The van der Waals surface area contributed by atoms with Crippen LogP contribution in [0.5, 0.6) is 0 Å². The van der Waals surface area contributed by atoms with E-state index in [9.17, 15) is 9.59 Å². The van der Waals surface area contributed by atoms with Crippen LogP contribution in [-0.2, 0) is 9.59 Å². The second kappa shape index (κ2) is 9.42. The molecule has 2 aliphatic rings. The first-order valence-electron chi connectivity index (χ1n) is 9.88. The summed E-state index contributed by atoms with van der Waals surface area (Å²) in [5, 5.41) is 2.97. The summed E-state index contributed by atoms with van der Waals surface area (Å²) in [6.45, 7) is 8.96. The van der Waals surface area contributed by atoms with Crippen LogP contribution in [0.25, 0.3) is 0 Å². The molecule has 0 radical (unpaired) electrons. The third-order valence-corrected chi connectivity index (χ3v) is 6.33. The zero-order valence-electron chi connectivity index (χ0n) is 16.1. The van der Waals surface area contributed by atoms with Crippen molar-refractivity contribution in [2.75, 3.05) is 31.1 Å². The number of carbonyl (C=O) groups is 2. The minimum absolute atomic E-state index is 0.0384. The van der Waals surface area contributed by atoms with E-state index in [-0.39, 0.29) is 18.4 Å². The predicted octanol–water partition coefficient (Wildman–Crippen LogP) is 3.41. The summed E-state index contributed by atoms with van der Waals surface area (Å²) in [7, 11) is 0. The average Bonchev–Trinajstić information content (AvgIpc) is 2.69. The minimum Gasteiger partial charge on any atom is -0.355 e. The van der Waals surface area contributed by atoms with Gasteiger partial charge in [0.2, 0.25) is 5.91 Å². The Hall–Kier alpha value is -1.79. The third-order valence-electron chi connectivity index (χ3n) is 5.34. The van der Waals surface area contributed by atoms with Gasteiger partial charge in [0.05, 0.1) is 10.6 Å². The van der Waals surface area contributed by atoms with E-state index in [2.05, 4.69) is 23.7 Å². The lowest BCUT2D eigenvalue weighted by molar-refractivity contribution is -0.122. The highest BCUT2D eigenvalue weighted by Crippen LogP contribution is 2.40. The monoisotopic (exact) mass is 387 g/mol. The molecule has 1 atom stereocenters. The van der Waals surface area contributed by atoms with Gasteiger partial charge in [0.15, 0.2) is 0 Å². The zero-order valence-corrected chi connectivity index (χ0v) is 16.9. The fourth-order valence-corrected chi connectivity index (χ4v) is 4.78. The number of nitrogens with one attached hydrogen (secondary N) is 1. The lowest BCUT2D eigenvalue weighted by Gasteiger charge is -2.35. The average molecular weight is 388 g/mol. The molecule has 2 heterocycles. The Morgan fingerprint density at radius 2 is 2.15 bits per heavy atom. The van der Waals surface area contributed by atoms with Gasteiger partial charge in [-0.1, -0.05) is 43.8 Å². The van der Waals surface area contributed by atoms with Crippen molar-refractivity contribution in [1.29, 1.82) is 0 Å². The summed E-state index contributed by atoms with van der Waals surface area (Å²) in [5.41, 5.74) is 0.786. The highest BCUT2D eigenvalue weighted by Gasteiger charge is 2.29.